The summed E-state index contributed by atoms with van der Waals surface area (Å²) in [6, 6.07) is 6.42. The summed E-state index contributed by atoms with van der Waals surface area (Å²) in [5.74, 6) is -0.471. The topological polar surface area (TPSA) is 102 Å². The Morgan fingerprint density at radius 3 is 2.35 bits per heavy atom. The molecule has 7 nitrogen and oxygen atoms in total. The van der Waals surface area contributed by atoms with Crippen molar-refractivity contribution in [2.75, 3.05) is 19.0 Å². The SMILES string of the molecule is CCCCCC(=O)NCCc1ccc(S(=O)(=O)CNC(=O)OCC)cc1. The molecule has 8 heteroatoms. The first kappa shape index (κ1) is 22.0. The van der Waals surface area contributed by atoms with Gasteiger partial charge in [-0.2, -0.15) is 0 Å². The largest absolute Gasteiger partial charge is 0.450 e. The zero-order valence-corrected chi connectivity index (χ0v) is 16.2. The van der Waals surface area contributed by atoms with Crippen molar-refractivity contribution in [3.63, 3.8) is 0 Å². The Hall–Kier alpha value is -2.09. The van der Waals surface area contributed by atoms with Crippen LogP contribution in [0.2, 0.25) is 0 Å². The lowest BCUT2D eigenvalue weighted by Crippen LogP contribution is -2.30. The zero-order valence-electron chi connectivity index (χ0n) is 15.4. The van der Waals surface area contributed by atoms with Crippen LogP contribution in [0, 0.1) is 0 Å². The second kappa shape index (κ2) is 11.5. The normalized spacial score (nSPS) is 11.0. The number of carbonyl (C=O) groups excluding carboxylic acids is 2. The number of alkyl carbamates (subject to hydrolysis) is 1. The number of rotatable bonds is 11. The van der Waals surface area contributed by atoms with Crippen LogP contribution in [0.5, 0.6) is 0 Å². The van der Waals surface area contributed by atoms with Gasteiger partial charge in [-0.25, -0.2) is 13.2 Å². The summed E-state index contributed by atoms with van der Waals surface area (Å²) in [7, 11) is -3.62. The fraction of sp³-hybridized carbons (Fsp3) is 0.556. The molecular formula is C18H28N2O5S. The number of ether oxygens (including phenoxy) is 1. The summed E-state index contributed by atoms with van der Waals surface area (Å²) in [6.45, 7) is 4.42. The third-order valence-corrected chi connectivity index (χ3v) is 5.22. The Labute approximate surface area is 155 Å². The molecule has 1 aromatic carbocycles. The highest BCUT2D eigenvalue weighted by Crippen LogP contribution is 2.12. The lowest BCUT2D eigenvalue weighted by Gasteiger charge is -2.08. The van der Waals surface area contributed by atoms with E-state index in [1.165, 1.54) is 12.1 Å². The standard InChI is InChI=1S/C18H28N2O5S/c1-3-5-6-7-17(21)19-13-12-15-8-10-16(11-9-15)26(23,24)14-20-18(22)25-4-2/h8-11H,3-7,12-14H2,1-2H3,(H,19,21)(H,20,22). The Balaban J connectivity index is 2.45. The van der Waals surface area contributed by atoms with E-state index in [4.69, 9.17) is 0 Å². The van der Waals surface area contributed by atoms with Gasteiger partial charge in [-0.1, -0.05) is 31.9 Å². The van der Waals surface area contributed by atoms with E-state index in [0.29, 0.717) is 19.4 Å². The number of hydrogen-bond donors (Lipinski definition) is 2. The van der Waals surface area contributed by atoms with Crippen molar-refractivity contribution in [3.8, 4) is 0 Å². The molecule has 0 atom stereocenters. The molecule has 0 aliphatic heterocycles. The fourth-order valence-electron chi connectivity index (χ4n) is 2.25. The molecule has 0 saturated carbocycles. The minimum Gasteiger partial charge on any atom is -0.450 e. The van der Waals surface area contributed by atoms with Crippen molar-refractivity contribution >= 4 is 21.8 Å². The number of carbonyl (C=O) groups is 2. The molecule has 0 aliphatic rings. The van der Waals surface area contributed by atoms with E-state index < -0.39 is 21.8 Å². The number of hydrogen-bond acceptors (Lipinski definition) is 5. The average Bonchev–Trinajstić information content (AvgIpc) is 2.61. The van der Waals surface area contributed by atoms with Gasteiger partial charge in [0.1, 0.15) is 5.88 Å². The summed E-state index contributed by atoms with van der Waals surface area (Å²) in [5, 5.41) is 5.07. The molecule has 0 fully saturated rings. The first-order valence-corrected chi connectivity index (χ1v) is 10.5. The third kappa shape index (κ3) is 8.33. The van der Waals surface area contributed by atoms with Gasteiger partial charge in [-0.15, -0.1) is 0 Å². The van der Waals surface area contributed by atoms with Crippen molar-refractivity contribution in [2.45, 2.75) is 50.8 Å². The third-order valence-electron chi connectivity index (χ3n) is 3.71. The Morgan fingerprint density at radius 2 is 1.73 bits per heavy atom. The van der Waals surface area contributed by atoms with E-state index in [1.54, 1.807) is 19.1 Å². The van der Waals surface area contributed by atoms with Crippen LogP contribution in [0.15, 0.2) is 29.2 Å². The van der Waals surface area contributed by atoms with Crippen LogP contribution >= 0.6 is 0 Å². The van der Waals surface area contributed by atoms with Gasteiger partial charge in [0.05, 0.1) is 11.5 Å². The smallest absolute Gasteiger partial charge is 0.407 e. The second-order valence-electron chi connectivity index (χ2n) is 5.86. The highest BCUT2D eigenvalue weighted by molar-refractivity contribution is 7.91. The zero-order chi connectivity index (χ0) is 19.4. The van der Waals surface area contributed by atoms with Gasteiger partial charge in [0.25, 0.3) is 0 Å². The van der Waals surface area contributed by atoms with Crippen LogP contribution in [-0.2, 0) is 25.8 Å². The van der Waals surface area contributed by atoms with Crippen molar-refractivity contribution in [1.82, 2.24) is 10.6 Å². The Morgan fingerprint density at radius 1 is 1.04 bits per heavy atom. The van der Waals surface area contributed by atoms with E-state index in [9.17, 15) is 18.0 Å². The van der Waals surface area contributed by atoms with Crippen LogP contribution in [0.25, 0.3) is 0 Å². The molecule has 1 rings (SSSR count). The van der Waals surface area contributed by atoms with E-state index in [2.05, 4.69) is 22.3 Å². The summed E-state index contributed by atoms with van der Waals surface area (Å²) < 4.78 is 28.9. The number of benzene rings is 1. The molecule has 2 N–H and O–H groups in total. The minimum absolute atomic E-state index is 0.0442. The Kier molecular flexibility index (Phi) is 9.72. The van der Waals surface area contributed by atoms with Gasteiger partial charge in [-0.05, 0) is 37.5 Å². The first-order valence-electron chi connectivity index (χ1n) is 8.88. The molecule has 0 saturated heterocycles. The Bertz CT molecular complexity index is 671. The van der Waals surface area contributed by atoms with Gasteiger partial charge in [0.15, 0.2) is 9.84 Å². The molecule has 2 amide bonds. The van der Waals surface area contributed by atoms with Crippen molar-refractivity contribution in [2.24, 2.45) is 0 Å². The molecule has 1 aromatic rings. The highest BCUT2D eigenvalue weighted by atomic mass is 32.2. The van der Waals surface area contributed by atoms with E-state index >= 15 is 0 Å². The molecule has 0 bridgehead atoms. The number of amides is 2. The van der Waals surface area contributed by atoms with Gasteiger partial charge in [-0.3, -0.25) is 4.79 Å². The lowest BCUT2D eigenvalue weighted by atomic mass is 10.1. The summed E-state index contributed by atoms with van der Waals surface area (Å²) in [6.07, 6.45) is 3.43. The molecule has 0 heterocycles. The average molecular weight is 384 g/mol. The summed E-state index contributed by atoms with van der Waals surface area (Å²) in [4.78, 5) is 23.0. The van der Waals surface area contributed by atoms with Crippen molar-refractivity contribution < 1.29 is 22.7 Å². The maximum atomic E-state index is 12.2. The lowest BCUT2D eigenvalue weighted by molar-refractivity contribution is -0.121. The predicted molar refractivity (Wildman–Crippen MR) is 99.5 cm³/mol. The molecule has 146 valence electrons. The quantitative estimate of drug-likeness (QED) is 0.571. The van der Waals surface area contributed by atoms with Crippen molar-refractivity contribution in [1.29, 1.82) is 0 Å². The minimum atomic E-state index is -3.62. The van der Waals surface area contributed by atoms with Crippen LogP contribution in [-0.4, -0.2) is 39.4 Å². The molecule has 0 radical (unpaired) electrons. The van der Waals surface area contributed by atoms with Crippen LogP contribution in [0.4, 0.5) is 4.79 Å². The monoisotopic (exact) mass is 384 g/mol. The fourth-order valence-corrected chi connectivity index (χ4v) is 3.28. The maximum absolute atomic E-state index is 12.2. The van der Waals surface area contributed by atoms with Crippen LogP contribution in [0.3, 0.4) is 0 Å². The number of unbranched alkanes of at least 4 members (excludes halogenated alkanes) is 2. The molecule has 0 unspecified atom stereocenters. The first-order chi connectivity index (χ1) is 12.4. The van der Waals surface area contributed by atoms with E-state index in [-0.39, 0.29) is 17.4 Å². The van der Waals surface area contributed by atoms with Crippen molar-refractivity contribution in [3.05, 3.63) is 29.8 Å². The molecule has 0 aliphatic carbocycles. The number of sulfone groups is 1. The molecule has 0 aromatic heterocycles. The van der Waals surface area contributed by atoms with Gasteiger partial charge in [0.2, 0.25) is 5.91 Å². The predicted octanol–water partition coefficient (Wildman–Crippen LogP) is 2.40. The van der Waals surface area contributed by atoms with Crippen LogP contribution < -0.4 is 10.6 Å². The van der Waals surface area contributed by atoms with Gasteiger partial charge in [0, 0.05) is 13.0 Å². The van der Waals surface area contributed by atoms with Gasteiger partial charge < -0.3 is 15.4 Å². The van der Waals surface area contributed by atoms with E-state index in [0.717, 1.165) is 24.8 Å². The highest BCUT2D eigenvalue weighted by Gasteiger charge is 2.16. The molecular weight excluding hydrogens is 356 g/mol. The summed E-state index contributed by atoms with van der Waals surface area (Å²) in [5.41, 5.74) is 0.927. The van der Waals surface area contributed by atoms with E-state index in [1.807, 2.05) is 0 Å². The molecule has 26 heavy (non-hydrogen) atoms. The van der Waals surface area contributed by atoms with Gasteiger partial charge >= 0.3 is 6.09 Å². The van der Waals surface area contributed by atoms with Crippen LogP contribution in [0.1, 0.15) is 45.1 Å². The maximum Gasteiger partial charge on any atom is 0.407 e. The summed E-state index contributed by atoms with van der Waals surface area (Å²) >= 11 is 0. The molecule has 0 spiro atoms. The second-order valence-corrected chi connectivity index (χ2v) is 7.85. The number of nitrogens with one attached hydrogen (secondary N) is 2.